The van der Waals surface area contributed by atoms with Crippen molar-refractivity contribution in [1.29, 1.82) is 0 Å². The third-order valence-corrected chi connectivity index (χ3v) is 1.52. The van der Waals surface area contributed by atoms with Gasteiger partial charge < -0.3 is 10.8 Å². The smallest absolute Gasteiger partial charge is 0.149 e. The monoisotopic (exact) mass is 185 g/mol. The Hall–Kier alpha value is -1.42. The second-order valence-electron chi connectivity index (χ2n) is 2.48. The average molecular weight is 185 g/mol. The van der Waals surface area contributed by atoms with E-state index in [2.05, 4.69) is 0 Å². The summed E-state index contributed by atoms with van der Waals surface area (Å²) in [6, 6.07) is 1.89. The lowest BCUT2D eigenvalue weighted by Gasteiger charge is -2.00. The van der Waals surface area contributed by atoms with Gasteiger partial charge in [-0.05, 0) is 6.07 Å². The van der Waals surface area contributed by atoms with Crippen LogP contribution in [-0.2, 0) is 0 Å². The maximum absolute atomic E-state index is 12.9. The molecule has 0 aliphatic heterocycles. The predicted octanol–water partition coefficient (Wildman–Crippen LogP) is 1.55. The van der Waals surface area contributed by atoms with Gasteiger partial charge in [-0.3, -0.25) is 0 Å². The van der Waals surface area contributed by atoms with E-state index in [1.54, 1.807) is 0 Å². The fourth-order valence-electron chi connectivity index (χ4n) is 0.891. The maximum Gasteiger partial charge on any atom is 0.149 e. The van der Waals surface area contributed by atoms with Crippen LogP contribution in [0.1, 0.15) is 5.56 Å². The lowest BCUT2D eigenvalue weighted by Crippen LogP contribution is -1.94. The lowest BCUT2D eigenvalue weighted by molar-refractivity contribution is 0.343. The van der Waals surface area contributed by atoms with Crippen LogP contribution in [0, 0.1) is 11.6 Å². The third kappa shape index (κ3) is 2.26. The van der Waals surface area contributed by atoms with Gasteiger partial charge in [0.15, 0.2) is 0 Å². The van der Waals surface area contributed by atoms with Crippen LogP contribution in [0.15, 0.2) is 18.2 Å². The van der Waals surface area contributed by atoms with Gasteiger partial charge in [0, 0.05) is 11.6 Å². The minimum absolute atomic E-state index is 0.112. The second kappa shape index (κ2) is 4.00. The van der Waals surface area contributed by atoms with Crippen molar-refractivity contribution < 1.29 is 13.9 Å². The molecule has 13 heavy (non-hydrogen) atoms. The summed E-state index contributed by atoms with van der Waals surface area (Å²) in [5.41, 5.74) is 5.27. The molecular formula is C9H9F2NO. The fraction of sp³-hybridized carbons (Fsp3) is 0.111. The van der Waals surface area contributed by atoms with Gasteiger partial charge in [-0.1, -0.05) is 12.2 Å². The number of hydrogen-bond acceptors (Lipinski definition) is 2. The standard InChI is InChI=1S/C9H9F2NO/c10-7-5-8(11)9(12)4-6(7)2-1-3-13/h1-2,4-5,13H,3,12H2. The Kier molecular flexibility index (Phi) is 2.97. The zero-order chi connectivity index (χ0) is 9.84. The first-order valence-electron chi connectivity index (χ1n) is 3.67. The van der Waals surface area contributed by atoms with E-state index in [0.29, 0.717) is 6.07 Å². The molecule has 0 amide bonds. The van der Waals surface area contributed by atoms with Crippen LogP contribution in [0.3, 0.4) is 0 Å². The molecule has 0 spiro atoms. The van der Waals surface area contributed by atoms with Crippen molar-refractivity contribution in [2.45, 2.75) is 0 Å². The van der Waals surface area contributed by atoms with Gasteiger partial charge in [-0.25, -0.2) is 8.78 Å². The van der Waals surface area contributed by atoms with Crippen LogP contribution in [0.25, 0.3) is 6.08 Å². The molecule has 0 atom stereocenters. The van der Waals surface area contributed by atoms with Gasteiger partial charge in [0.1, 0.15) is 11.6 Å². The number of anilines is 1. The molecule has 0 radical (unpaired) electrons. The van der Waals surface area contributed by atoms with Crippen LogP contribution in [0.2, 0.25) is 0 Å². The summed E-state index contributed by atoms with van der Waals surface area (Å²) in [5.74, 6) is -1.48. The quantitative estimate of drug-likeness (QED) is 0.686. The number of rotatable bonds is 2. The van der Waals surface area contributed by atoms with Crippen molar-refractivity contribution in [3.05, 3.63) is 35.4 Å². The Labute approximate surface area is 74.3 Å². The molecule has 3 N–H and O–H groups in total. The summed E-state index contributed by atoms with van der Waals surface area (Å²) in [4.78, 5) is 0. The van der Waals surface area contributed by atoms with Crippen LogP contribution >= 0.6 is 0 Å². The summed E-state index contributed by atoms with van der Waals surface area (Å²) in [7, 11) is 0. The number of hydrogen-bond donors (Lipinski definition) is 2. The Bertz CT molecular complexity index is 337. The van der Waals surface area contributed by atoms with E-state index in [9.17, 15) is 8.78 Å². The van der Waals surface area contributed by atoms with E-state index in [1.165, 1.54) is 18.2 Å². The van der Waals surface area contributed by atoms with Crippen molar-refractivity contribution >= 4 is 11.8 Å². The molecule has 0 saturated heterocycles. The average Bonchev–Trinajstić information content (AvgIpc) is 2.09. The molecule has 1 aromatic rings. The van der Waals surface area contributed by atoms with Crippen molar-refractivity contribution in [2.75, 3.05) is 12.3 Å². The van der Waals surface area contributed by atoms with E-state index >= 15 is 0 Å². The lowest BCUT2D eigenvalue weighted by atomic mass is 10.1. The van der Waals surface area contributed by atoms with Gasteiger partial charge in [0.2, 0.25) is 0 Å². The number of nitrogen functional groups attached to an aromatic ring is 1. The van der Waals surface area contributed by atoms with E-state index < -0.39 is 11.6 Å². The van der Waals surface area contributed by atoms with Crippen molar-refractivity contribution in [1.82, 2.24) is 0 Å². The topological polar surface area (TPSA) is 46.2 Å². The molecular weight excluding hydrogens is 176 g/mol. The van der Waals surface area contributed by atoms with Gasteiger partial charge in [-0.15, -0.1) is 0 Å². The molecule has 1 rings (SSSR count). The maximum atomic E-state index is 12.9. The molecule has 0 bridgehead atoms. The number of nitrogens with two attached hydrogens (primary N) is 1. The molecule has 2 nitrogen and oxygen atoms in total. The summed E-state index contributed by atoms with van der Waals surface area (Å²) in [6.45, 7) is -0.198. The molecule has 0 aromatic heterocycles. The first kappa shape index (κ1) is 9.67. The SMILES string of the molecule is Nc1cc(C=CCO)c(F)cc1F. The zero-order valence-electron chi connectivity index (χ0n) is 6.80. The molecule has 0 saturated carbocycles. The highest BCUT2D eigenvalue weighted by atomic mass is 19.1. The number of benzene rings is 1. The zero-order valence-corrected chi connectivity index (χ0v) is 6.80. The summed E-state index contributed by atoms with van der Waals surface area (Å²) >= 11 is 0. The Balaban J connectivity index is 3.08. The van der Waals surface area contributed by atoms with E-state index in [4.69, 9.17) is 10.8 Å². The molecule has 4 heteroatoms. The van der Waals surface area contributed by atoms with E-state index in [0.717, 1.165) is 0 Å². The molecule has 0 heterocycles. The van der Waals surface area contributed by atoms with Crippen molar-refractivity contribution in [3.8, 4) is 0 Å². The van der Waals surface area contributed by atoms with Crippen LogP contribution < -0.4 is 5.73 Å². The number of aliphatic hydroxyl groups excluding tert-OH is 1. The second-order valence-corrected chi connectivity index (χ2v) is 2.48. The third-order valence-electron chi connectivity index (χ3n) is 1.52. The Morgan fingerprint density at radius 1 is 1.31 bits per heavy atom. The normalized spacial score (nSPS) is 11.0. The summed E-state index contributed by atoms with van der Waals surface area (Å²) in [5, 5.41) is 8.43. The number of aliphatic hydroxyl groups is 1. The highest BCUT2D eigenvalue weighted by Gasteiger charge is 2.04. The molecule has 0 aliphatic carbocycles. The van der Waals surface area contributed by atoms with Crippen LogP contribution in [0.4, 0.5) is 14.5 Å². The summed E-state index contributed by atoms with van der Waals surface area (Å²) in [6.07, 6.45) is 2.68. The minimum Gasteiger partial charge on any atom is -0.396 e. The molecule has 0 fully saturated rings. The molecule has 1 aromatic carbocycles. The van der Waals surface area contributed by atoms with Crippen LogP contribution in [0.5, 0.6) is 0 Å². The van der Waals surface area contributed by atoms with E-state index in [-0.39, 0.29) is 17.9 Å². The number of halogens is 2. The summed E-state index contributed by atoms with van der Waals surface area (Å²) < 4.78 is 25.6. The van der Waals surface area contributed by atoms with E-state index in [1.807, 2.05) is 0 Å². The molecule has 0 unspecified atom stereocenters. The van der Waals surface area contributed by atoms with Crippen molar-refractivity contribution in [3.63, 3.8) is 0 Å². The first-order chi connectivity index (χ1) is 6.15. The van der Waals surface area contributed by atoms with Crippen molar-refractivity contribution in [2.24, 2.45) is 0 Å². The highest BCUT2D eigenvalue weighted by molar-refractivity contribution is 5.56. The Morgan fingerprint density at radius 3 is 2.62 bits per heavy atom. The van der Waals surface area contributed by atoms with Crippen LogP contribution in [-0.4, -0.2) is 11.7 Å². The highest BCUT2D eigenvalue weighted by Crippen LogP contribution is 2.17. The Morgan fingerprint density at radius 2 is 2.00 bits per heavy atom. The fourth-order valence-corrected chi connectivity index (χ4v) is 0.891. The van der Waals surface area contributed by atoms with Gasteiger partial charge in [-0.2, -0.15) is 0 Å². The largest absolute Gasteiger partial charge is 0.396 e. The predicted molar refractivity (Wildman–Crippen MR) is 46.9 cm³/mol. The molecule has 70 valence electrons. The van der Waals surface area contributed by atoms with Gasteiger partial charge in [0.25, 0.3) is 0 Å². The molecule has 0 aliphatic rings. The van der Waals surface area contributed by atoms with Gasteiger partial charge in [0.05, 0.1) is 12.3 Å². The van der Waals surface area contributed by atoms with Gasteiger partial charge >= 0.3 is 0 Å². The first-order valence-corrected chi connectivity index (χ1v) is 3.67. The minimum atomic E-state index is -0.779.